The molecule has 5 nitrogen and oxygen atoms in total. The van der Waals surface area contributed by atoms with E-state index in [0.717, 1.165) is 38.2 Å². The average molecular weight is 438 g/mol. The molecular formula is C20H40BrNO4. The molecule has 1 unspecified atom stereocenters. The lowest BCUT2D eigenvalue weighted by Crippen LogP contribution is -2.38. The van der Waals surface area contributed by atoms with Crippen LogP contribution in [0.2, 0.25) is 0 Å². The van der Waals surface area contributed by atoms with E-state index in [1.165, 1.54) is 38.5 Å². The van der Waals surface area contributed by atoms with Crippen LogP contribution < -0.4 is 0 Å². The Hall–Kier alpha value is 0.280. The number of halogens is 1. The number of alkyl halides is 1. The summed E-state index contributed by atoms with van der Waals surface area (Å²) in [4.78, 5) is 2.46. The monoisotopic (exact) mass is 437 g/mol. The number of ether oxygens (including phenoxy) is 4. The molecular weight excluding hydrogens is 398 g/mol. The summed E-state index contributed by atoms with van der Waals surface area (Å²) in [7, 11) is 0. The zero-order valence-corrected chi connectivity index (χ0v) is 18.6. The van der Waals surface area contributed by atoms with Crippen molar-refractivity contribution in [3.63, 3.8) is 0 Å². The second-order valence-electron chi connectivity index (χ2n) is 7.32. The lowest BCUT2D eigenvalue weighted by Gasteiger charge is -2.27. The second kappa shape index (κ2) is 16.3. The van der Waals surface area contributed by atoms with Gasteiger partial charge in [0.25, 0.3) is 0 Å². The van der Waals surface area contributed by atoms with Crippen molar-refractivity contribution < 1.29 is 18.9 Å². The van der Waals surface area contributed by atoms with Crippen LogP contribution in [0.4, 0.5) is 0 Å². The highest BCUT2D eigenvalue weighted by molar-refractivity contribution is 9.09. The molecule has 1 heterocycles. The highest BCUT2D eigenvalue weighted by atomic mass is 79.9. The summed E-state index contributed by atoms with van der Waals surface area (Å²) in [6.45, 7) is 11.9. The minimum atomic E-state index is -0.312. The van der Waals surface area contributed by atoms with Gasteiger partial charge in [0.15, 0.2) is 0 Å². The van der Waals surface area contributed by atoms with Crippen LogP contribution in [0.5, 0.6) is 0 Å². The Labute approximate surface area is 169 Å². The maximum Gasteiger partial charge on any atom is 0.0984 e. The van der Waals surface area contributed by atoms with E-state index in [0.29, 0.717) is 33.0 Å². The maximum atomic E-state index is 5.94. The predicted molar refractivity (Wildman–Crippen MR) is 110 cm³/mol. The van der Waals surface area contributed by atoms with Gasteiger partial charge in [-0.25, -0.2) is 0 Å². The summed E-state index contributed by atoms with van der Waals surface area (Å²) in [5.74, 6) is 0. The fourth-order valence-electron chi connectivity index (χ4n) is 2.91. The number of nitrogens with zero attached hydrogens (tertiary/aromatic N) is 1. The molecule has 0 aromatic heterocycles. The molecule has 0 aromatic rings. The summed E-state index contributed by atoms with van der Waals surface area (Å²) < 4.78 is 23.2. The van der Waals surface area contributed by atoms with Crippen LogP contribution in [0.15, 0.2) is 0 Å². The molecule has 6 heteroatoms. The van der Waals surface area contributed by atoms with Gasteiger partial charge in [0.1, 0.15) is 0 Å². The molecule has 1 rings (SSSR count). The molecule has 0 aromatic carbocycles. The van der Waals surface area contributed by atoms with Crippen molar-refractivity contribution in [2.24, 2.45) is 0 Å². The van der Waals surface area contributed by atoms with Gasteiger partial charge in [-0.15, -0.1) is 0 Å². The van der Waals surface area contributed by atoms with Crippen molar-refractivity contribution in [1.29, 1.82) is 0 Å². The van der Waals surface area contributed by atoms with Crippen molar-refractivity contribution >= 4 is 15.9 Å². The van der Waals surface area contributed by atoms with E-state index in [2.05, 4.69) is 34.7 Å². The molecule has 1 saturated heterocycles. The fraction of sp³-hybridized carbons (Fsp3) is 1.00. The van der Waals surface area contributed by atoms with Gasteiger partial charge >= 0.3 is 0 Å². The summed E-state index contributed by atoms with van der Waals surface area (Å²) >= 11 is 3.52. The van der Waals surface area contributed by atoms with Gasteiger partial charge in [0, 0.05) is 18.4 Å². The Kier molecular flexibility index (Phi) is 15.2. The first-order valence-corrected chi connectivity index (χ1v) is 11.5. The number of rotatable bonds is 8. The van der Waals surface area contributed by atoms with E-state index < -0.39 is 0 Å². The SMILES string of the molecule is CCCCCCCCN1CCOCCOCC(C)(CBr)OCCOCC1. The van der Waals surface area contributed by atoms with Crippen LogP contribution in [0.25, 0.3) is 0 Å². The molecule has 1 fully saturated rings. The van der Waals surface area contributed by atoms with E-state index in [9.17, 15) is 0 Å². The second-order valence-corrected chi connectivity index (χ2v) is 7.88. The Balaban J connectivity index is 2.29. The molecule has 156 valence electrons. The molecule has 0 bridgehead atoms. The minimum Gasteiger partial charge on any atom is -0.378 e. The van der Waals surface area contributed by atoms with Crippen molar-refractivity contribution in [1.82, 2.24) is 4.90 Å². The normalized spacial score (nSPS) is 25.5. The van der Waals surface area contributed by atoms with Gasteiger partial charge in [0.2, 0.25) is 0 Å². The van der Waals surface area contributed by atoms with Gasteiger partial charge in [-0.1, -0.05) is 55.0 Å². The summed E-state index contributed by atoms with van der Waals surface area (Å²) in [5, 5.41) is 0.743. The third kappa shape index (κ3) is 12.6. The van der Waals surface area contributed by atoms with Crippen LogP contribution in [0.1, 0.15) is 52.4 Å². The van der Waals surface area contributed by atoms with Crippen molar-refractivity contribution in [2.75, 3.05) is 71.2 Å². The van der Waals surface area contributed by atoms with Gasteiger partial charge in [-0.05, 0) is 19.9 Å². The molecule has 0 radical (unpaired) electrons. The largest absolute Gasteiger partial charge is 0.378 e. The predicted octanol–water partition coefficient (Wildman–Crippen LogP) is 3.88. The van der Waals surface area contributed by atoms with Crippen molar-refractivity contribution in [2.45, 2.75) is 58.0 Å². The molecule has 0 N–H and O–H groups in total. The van der Waals surface area contributed by atoms with E-state index in [-0.39, 0.29) is 5.60 Å². The fourth-order valence-corrected chi connectivity index (χ4v) is 3.24. The Bertz CT molecular complexity index is 322. The van der Waals surface area contributed by atoms with Crippen LogP contribution in [-0.4, -0.2) is 81.7 Å². The lowest BCUT2D eigenvalue weighted by atomic mass is 10.1. The lowest BCUT2D eigenvalue weighted by molar-refractivity contribution is -0.0904. The van der Waals surface area contributed by atoms with Crippen molar-refractivity contribution in [3.05, 3.63) is 0 Å². The quantitative estimate of drug-likeness (QED) is 0.425. The molecule has 26 heavy (non-hydrogen) atoms. The first-order valence-electron chi connectivity index (χ1n) is 10.4. The molecule has 0 spiro atoms. The molecule has 0 amide bonds. The smallest absolute Gasteiger partial charge is 0.0984 e. The van der Waals surface area contributed by atoms with Crippen LogP contribution >= 0.6 is 15.9 Å². The molecule has 0 aliphatic carbocycles. The third-order valence-electron chi connectivity index (χ3n) is 4.67. The average Bonchev–Trinajstić information content (AvgIpc) is 2.65. The van der Waals surface area contributed by atoms with E-state index in [1.807, 2.05) is 0 Å². The standard InChI is InChI=1S/C20H40BrNO4/c1-3-4-5-6-7-8-9-22-10-12-23-14-15-25-19-20(2,18-21)26-17-16-24-13-11-22/h3-19H2,1-2H3. The van der Waals surface area contributed by atoms with Gasteiger partial charge in [-0.2, -0.15) is 0 Å². The van der Waals surface area contributed by atoms with E-state index in [4.69, 9.17) is 18.9 Å². The van der Waals surface area contributed by atoms with E-state index >= 15 is 0 Å². The topological polar surface area (TPSA) is 40.2 Å². The summed E-state index contributed by atoms with van der Waals surface area (Å²) in [6, 6.07) is 0. The Morgan fingerprint density at radius 3 is 2.12 bits per heavy atom. The highest BCUT2D eigenvalue weighted by Crippen LogP contribution is 2.14. The van der Waals surface area contributed by atoms with Gasteiger partial charge < -0.3 is 18.9 Å². The van der Waals surface area contributed by atoms with Crippen LogP contribution in [0, 0.1) is 0 Å². The van der Waals surface area contributed by atoms with E-state index in [1.54, 1.807) is 0 Å². The minimum absolute atomic E-state index is 0.312. The van der Waals surface area contributed by atoms with Crippen LogP contribution in [0.3, 0.4) is 0 Å². The number of hydrogen-bond donors (Lipinski definition) is 0. The molecule has 1 atom stereocenters. The Morgan fingerprint density at radius 1 is 0.808 bits per heavy atom. The maximum absolute atomic E-state index is 5.94. The summed E-state index contributed by atoms with van der Waals surface area (Å²) in [5.41, 5.74) is -0.312. The number of hydrogen-bond acceptors (Lipinski definition) is 5. The zero-order chi connectivity index (χ0) is 18.9. The number of unbranched alkanes of at least 4 members (excludes halogenated alkanes) is 5. The summed E-state index contributed by atoms with van der Waals surface area (Å²) in [6.07, 6.45) is 7.99. The Morgan fingerprint density at radius 2 is 1.42 bits per heavy atom. The molecule has 1 aliphatic rings. The van der Waals surface area contributed by atoms with Crippen molar-refractivity contribution in [3.8, 4) is 0 Å². The first kappa shape index (κ1) is 24.3. The highest BCUT2D eigenvalue weighted by Gasteiger charge is 2.24. The molecule has 0 saturated carbocycles. The van der Waals surface area contributed by atoms with Gasteiger partial charge in [-0.3, -0.25) is 4.90 Å². The molecule has 1 aliphatic heterocycles. The first-order chi connectivity index (χ1) is 12.7. The zero-order valence-electron chi connectivity index (χ0n) is 17.0. The van der Waals surface area contributed by atoms with Gasteiger partial charge in [0.05, 0.1) is 51.8 Å². The van der Waals surface area contributed by atoms with Crippen LogP contribution in [-0.2, 0) is 18.9 Å². The third-order valence-corrected chi connectivity index (χ3v) is 5.86.